The Hall–Kier alpha value is -3.53. The Bertz CT molecular complexity index is 1150. The summed E-state index contributed by atoms with van der Waals surface area (Å²) < 4.78 is 5.32. The lowest BCUT2D eigenvalue weighted by Crippen LogP contribution is -2.56. The molecule has 10 heteroatoms. The number of hydrogen-bond acceptors (Lipinski definition) is 7. The molecule has 46 heavy (non-hydrogen) atoms. The van der Waals surface area contributed by atoms with E-state index in [0.717, 1.165) is 37.7 Å². The van der Waals surface area contributed by atoms with Gasteiger partial charge in [-0.1, -0.05) is 87.4 Å². The molecule has 0 spiro atoms. The minimum atomic E-state index is -2.80. The van der Waals surface area contributed by atoms with E-state index in [1.807, 2.05) is 19.1 Å². The number of hydrogen-bond donors (Lipinski definition) is 4. The van der Waals surface area contributed by atoms with E-state index in [1.54, 1.807) is 39.0 Å². The van der Waals surface area contributed by atoms with Crippen molar-refractivity contribution < 1.29 is 44.0 Å². The van der Waals surface area contributed by atoms with Crippen LogP contribution in [0, 0.1) is 12.8 Å². The van der Waals surface area contributed by atoms with Crippen LogP contribution < -0.4 is 5.32 Å². The number of aliphatic hydroxyl groups is 1. The summed E-state index contributed by atoms with van der Waals surface area (Å²) in [7, 11) is 0. The summed E-state index contributed by atoms with van der Waals surface area (Å²) in [5.74, 6) is -6.64. The Kier molecular flexibility index (Phi) is 18.1. The number of aryl methyl sites for hydroxylation is 1. The lowest BCUT2D eigenvalue weighted by molar-refractivity contribution is -0.187. The summed E-state index contributed by atoms with van der Waals surface area (Å²) in [6.45, 7) is 8.67. The van der Waals surface area contributed by atoms with Crippen molar-refractivity contribution in [2.24, 2.45) is 5.92 Å². The average Bonchev–Trinajstić information content (AvgIpc) is 2.95. The number of nitrogens with one attached hydrogen (secondary N) is 1. The fourth-order valence-electron chi connectivity index (χ4n) is 5.01. The van der Waals surface area contributed by atoms with E-state index < -0.39 is 53.4 Å². The van der Waals surface area contributed by atoms with Gasteiger partial charge >= 0.3 is 17.9 Å². The van der Waals surface area contributed by atoms with Crippen LogP contribution in [0.1, 0.15) is 122 Å². The third-order valence-electron chi connectivity index (χ3n) is 7.61. The Balaban J connectivity index is 2.99. The molecular formula is C36H55NO9. The van der Waals surface area contributed by atoms with Crippen LogP contribution in [0.3, 0.4) is 0 Å². The van der Waals surface area contributed by atoms with Gasteiger partial charge in [0, 0.05) is 19.3 Å². The Labute approximate surface area is 274 Å². The predicted octanol–water partition coefficient (Wildman–Crippen LogP) is 6.10. The fraction of sp³-hybridized carbons (Fsp3) is 0.639. The summed E-state index contributed by atoms with van der Waals surface area (Å²) >= 11 is 0. The van der Waals surface area contributed by atoms with Crippen molar-refractivity contribution in [1.29, 1.82) is 0 Å². The Morgan fingerprint density at radius 1 is 0.870 bits per heavy atom. The number of esters is 1. The molecule has 0 aliphatic carbocycles. The van der Waals surface area contributed by atoms with Crippen molar-refractivity contribution >= 4 is 29.6 Å². The summed E-state index contributed by atoms with van der Waals surface area (Å²) in [4.78, 5) is 62.8. The van der Waals surface area contributed by atoms with Gasteiger partial charge in [-0.25, -0.2) is 9.59 Å². The lowest BCUT2D eigenvalue weighted by atomic mass is 9.82. The monoisotopic (exact) mass is 645 g/mol. The number of carbonyl (C=O) groups is 5. The van der Waals surface area contributed by atoms with Gasteiger partial charge in [-0.2, -0.15) is 0 Å². The van der Waals surface area contributed by atoms with E-state index in [0.29, 0.717) is 31.2 Å². The van der Waals surface area contributed by atoms with Crippen LogP contribution in [0.5, 0.6) is 0 Å². The highest BCUT2D eigenvalue weighted by Crippen LogP contribution is 2.29. The summed E-state index contributed by atoms with van der Waals surface area (Å²) in [6, 6.07) is 5.69. The molecule has 258 valence electrons. The first kappa shape index (κ1) is 40.5. The maximum absolute atomic E-state index is 13.6. The fourth-order valence-corrected chi connectivity index (χ4v) is 5.01. The maximum atomic E-state index is 13.6. The Morgan fingerprint density at radius 3 is 1.96 bits per heavy atom. The smallest absolute Gasteiger partial charge is 0.340 e. The molecule has 0 saturated heterocycles. The molecule has 0 aliphatic heterocycles. The highest BCUT2D eigenvalue weighted by atomic mass is 16.6. The highest BCUT2D eigenvalue weighted by molar-refractivity contribution is 5.95. The van der Waals surface area contributed by atoms with Gasteiger partial charge < -0.3 is 25.4 Å². The van der Waals surface area contributed by atoms with Crippen LogP contribution in [-0.4, -0.2) is 62.2 Å². The second-order valence-corrected chi connectivity index (χ2v) is 13.1. The third kappa shape index (κ3) is 16.2. The molecule has 0 bridgehead atoms. The largest absolute Gasteiger partial charge is 0.481 e. The van der Waals surface area contributed by atoms with E-state index in [1.165, 1.54) is 25.3 Å². The zero-order valence-electron chi connectivity index (χ0n) is 28.3. The number of benzene rings is 1. The molecule has 0 unspecified atom stereocenters. The molecule has 1 amide bonds. The van der Waals surface area contributed by atoms with Gasteiger partial charge in [0.05, 0.1) is 12.3 Å². The molecule has 0 heterocycles. The first-order chi connectivity index (χ1) is 21.6. The molecule has 10 nitrogen and oxygen atoms in total. The molecule has 4 N–H and O–H groups in total. The molecule has 1 aromatic rings. The molecule has 1 rings (SSSR count). The number of aliphatic carboxylic acids is 2. The zero-order valence-corrected chi connectivity index (χ0v) is 28.3. The maximum Gasteiger partial charge on any atom is 0.340 e. The topological polar surface area (TPSA) is 167 Å². The SMILES string of the molecule is CCCCCCCC(=O)CCCCCC/C=C/[C@H](C(=O)N[C@@H](Cc1ccc(C)cc1)C(=O)O)[C@@](O)(CC(=O)O)C(=O)OC(C)(C)C. The minimum Gasteiger partial charge on any atom is -0.481 e. The van der Waals surface area contributed by atoms with Crippen molar-refractivity contribution in [3.05, 3.63) is 47.5 Å². The third-order valence-corrected chi connectivity index (χ3v) is 7.61. The number of Topliss-reactive ketones (excluding diaryl/α,β-unsaturated/α-hetero) is 1. The molecule has 1 aromatic carbocycles. The first-order valence-electron chi connectivity index (χ1n) is 16.5. The number of carboxylic acid groups (broad SMARTS) is 2. The van der Waals surface area contributed by atoms with Crippen LogP contribution in [-0.2, 0) is 35.1 Å². The van der Waals surface area contributed by atoms with Crippen LogP contribution in [0.2, 0.25) is 0 Å². The molecular weight excluding hydrogens is 590 g/mol. The molecule has 0 aliphatic rings. The van der Waals surface area contributed by atoms with Gasteiger partial charge in [0.2, 0.25) is 5.91 Å². The lowest BCUT2D eigenvalue weighted by Gasteiger charge is -2.33. The zero-order chi connectivity index (χ0) is 34.8. The van der Waals surface area contributed by atoms with Gasteiger partial charge in [0.1, 0.15) is 17.4 Å². The highest BCUT2D eigenvalue weighted by Gasteiger charge is 2.51. The standard InChI is InChI=1S/C36H55NO9/c1-6-7-8-11-14-17-28(38)18-15-12-9-10-13-16-19-29(36(45,25-31(39)40)34(44)46-35(3,4)5)32(41)37-30(33(42)43)24-27-22-20-26(2)21-23-27/h16,19-23,29-30,45H,6-15,17-18,24-25H2,1-5H3,(H,37,41)(H,39,40)(H,42,43)/b19-16+/t29-,30+,36+/m1/s1. The number of unbranched alkanes of at least 4 members (excludes halogenated alkanes) is 8. The number of rotatable bonds is 23. The van der Waals surface area contributed by atoms with Crippen molar-refractivity contribution in [2.45, 2.75) is 142 Å². The van der Waals surface area contributed by atoms with Crippen molar-refractivity contribution in [3.63, 3.8) is 0 Å². The van der Waals surface area contributed by atoms with Gasteiger partial charge in [-0.05, 0) is 58.9 Å². The van der Waals surface area contributed by atoms with E-state index in [4.69, 9.17) is 4.74 Å². The quantitative estimate of drug-likeness (QED) is 0.0625. The molecule has 0 saturated carbocycles. The summed E-state index contributed by atoms with van der Waals surface area (Å²) in [6.07, 6.45) is 12.0. The number of allylic oxidation sites excluding steroid dienone is 1. The van der Waals surface area contributed by atoms with E-state index in [-0.39, 0.29) is 12.2 Å². The Morgan fingerprint density at radius 2 is 1.43 bits per heavy atom. The van der Waals surface area contributed by atoms with Crippen LogP contribution >= 0.6 is 0 Å². The normalized spacial score (nSPS) is 14.3. The van der Waals surface area contributed by atoms with Crippen molar-refractivity contribution in [1.82, 2.24) is 5.32 Å². The number of carboxylic acids is 2. The van der Waals surface area contributed by atoms with Crippen molar-refractivity contribution in [2.75, 3.05) is 0 Å². The summed E-state index contributed by atoms with van der Waals surface area (Å²) in [5, 5.41) is 33.3. The van der Waals surface area contributed by atoms with Crippen LogP contribution in [0.15, 0.2) is 36.4 Å². The number of carbonyl (C=O) groups excluding carboxylic acids is 3. The number of amides is 1. The van der Waals surface area contributed by atoms with E-state index in [9.17, 15) is 39.3 Å². The molecule has 0 radical (unpaired) electrons. The second-order valence-electron chi connectivity index (χ2n) is 13.1. The minimum absolute atomic E-state index is 0.0665. The first-order valence-corrected chi connectivity index (χ1v) is 16.5. The van der Waals surface area contributed by atoms with Gasteiger partial charge in [0.15, 0.2) is 5.60 Å². The molecule has 3 atom stereocenters. The van der Waals surface area contributed by atoms with Crippen LogP contribution in [0.25, 0.3) is 0 Å². The van der Waals surface area contributed by atoms with Gasteiger partial charge in [-0.3, -0.25) is 14.4 Å². The average molecular weight is 646 g/mol. The number of ether oxygens (including phenoxy) is 1. The predicted molar refractivity (Wildman–Crippen MR) is 176 cm³/mol. The van der Waals surface area contributed by atoms with E-state index in [2.05, 4.69) is 12.2 Å². The van der Waals surface area contributed by atoms with Crippen LogP contribution in [0.4, 0.5) is 0 Å². The van der Waals surface area contributed by atoms with Gasteiger partial charge in [0.25, 0.3) is 0 Å². The van der Waals surface area contributed by atoms with Crippen molar-refractivity contribution in [3.8, 4) is 0 Å². The van der Waals surface area contributed by atoms with E-state index >= 15 is 0 Å². The number of ketones is 1. The second kappa shape index (κ2) is 20.6. The molecule has 0 aromatic heterocycles. The van der Waals surface area contributed by atoms with Gasteiger partial charge in [-0.15, -0.1) is 0 Å². The molecule has 0 fully saturated rings. The summed E-state index contributed by atoms with van der Waals surface area (Å²) in [5.41, 5.74) is -2.28.